The van der Waals surface area contributed by atoms with E-state index in [1.165, 1.54) is 11.8 Å². The fraction of sp³-hybridized carbons (Fsp3) is 0.524. The second-order valence-corrected chi connectivity index (χ2v) is 8.85. The van der Waals surface area contributed by atoms with E-state index in [0.717, 1.165) is 49.1 Å². The van der Waals surface area contributed by atoms with Gasteiger partial charge in [-0.1, -0.05) is 55.3 Å². The van der Waals surface area contributed by atoms with E-state index in [9.17, 15) is 10.1 Å². The number of aromatic nitrogens is 3. The maximum Gasteiger partial charge on any atom is 0.236 e. The molecule has 1 fully saturated rings. The molecule has 6 nitrogen and oxygen atoms in total. The predicted molar refractivity (Wildman–Crippen MR) is 111 cm³/mol. The summed E-state index contributed by atoms with van der Waals surface area (Å²) in [6, 6.07) is 10.5. The number of hydrogen-bond donors (Lipinski definition) is 0. The Hall–Kier alpha value is -2.33. The molecule has 0 bridgehead atoms. The van der Waals surface area contributed by atoms with Gasteiger partial charge in [-0.25, -0.2) is 0 Å². The van der Waals surface area contributed by atoms with Crippen molar-refractivity contribution in [3.63, 3.8) is 0 Å². The van der Waals surface area contributed by atoms with Gasteiger partial charge in [0, 0.05) is 19.7 Å². The highest BCUT2D eigenvalue weighted by Gasteiger charge is 2.40. The summed E-state index contributed by atoms with van der Waals surface area (Å²) in [7, 11) is 3.69. The summed E-state index contributed by atoms with van der Waals surface area (Å²) in [6.45, 7) is 3.92. The van der Waals surface area contributed by atoms with Crippen LogP contribution in [0, 0.1) is 18.3 Å². The van der Waals surface area contributed by atoms with Crippen LogP contribution in [0.1, 0.15) is 44.6 Å². The fourth-order valence-electron chi connectivity index (χ4n) is 3.83. The molecule has 28 heavy (non-hydrogen) atoms. The van der Waals surface area contributed by atoms with Crippen molar-refractivity contribution in [3.05, 3.63) is 29.8 Å². The lowest BCUT2D eigenvalue weighted by molar-refractivity contribution is -0.133. The Morgan fingerprint density at radius 1 is 1.29 bits per heavy atom. The van der Waals surface area contributed by atoms with Gasteiger partial charge in [0.05, 0.1) is 11.3 Å². The standard InChI is InChI=1S/C21H27N5OS/c1-15-10-6-7-11-17(15)18-23-24-20(25(18)3)28-16(2)19(27)26(4)21(14-22)12-8-5-9-13-21/h6-7,10-11,16H,5,8-9,12-13H2,1-4H3/t16-/m1/s1. The summed E-state index contributed by atoms with van der Waals surface area (Å²) in [4.78, 5) is 14.7. The molecule has 1 saturated carbocycles. The Kier molecular flexibility index (Phi) is 6.09. The molecule has 1 aromatic carbocycles. The number of nitriles is 1. The number of aryl methyl sites for hydroxylation is 1. The Labute approximate surface area is 170 Å². The number of amides is 1. The van der Waals surface area contributed by atoms with Crippen LogP contribution >= 0.6 is 11.8 Å². The lowest BCUT2D eigenvalue weighted by atomic mass is 9.81. The lowest BCUT2D eigenvalue weighted by Crippen LogP contribution is -2.52. The highest BCUT2D eigenvalue weighted by Crippen LogP contribution is 2.34. The molecule has 3 rings (SSSR count). The third-order valence-electron chi connectivity index (χ3n) is 5.71. The average molecular weight is 398 g/mol. The summed E-state index contributed by atoms with van der Waals surface area (Å²) in [5.41, 5.74) is 1.49. The Morgan fingerprint density at radius 2 is 1.96 bits per heavy atom. The quantitative estimate of drug-likeness (QED) is 0.714. The number of thioether (sulfide) groups is 1. The predicted octanol–water partition coefficient (Wildman–Crippen LogP) is 3.96. The van der Waals surface area contributed by atoms with Gasteiger partial charge in [0.2, 0.25) is 5.91 Å². The van der Waals surface area contributed by atoms with Gasteiger partial charge >= 0.3 is 0 Å². The van der Waals surface area contributed by atoms with Crippen LogP contribution in [-0.2, 0) is 11.8 Å². The third-order valence-corrected chi connectivity index (χ3v) is 6.83. The summed E-state index contributed by atoms with van der Waals surface area (Å²) in [6.07, 6.45) is 4.64. The van der Waals surface area contributed by atoms with E-state index in [1.54, 1.807) is 11.9 Å². The van der Waals surface area contributed by atoms with E-state index in [2.05, 4.69) is 16.3 Å². The molecule has 1 atom stereocenters. The first-order valence-electron chi connectivity index (χ1n) is 9.70. The number of benzene rings is 1. The summed E-state index contributed by atoms with van der Waals surface area (Å²) in [5, 5.41) is 18.8. The SMILES string of the molecule is Cc1ccccc1-c1nnc(S[C@H](C)C(=O)N(C)C2(C#N)CCCCC2)n1C. The Bertz CT molecular complexity index is 894. The van der Waals surface area contributed by atoms with Crippen LogP contribution < -0.4 is 0 Å². The average Bonchev–Trinajstić information content (AvgIpc) is 3.07. The maximum atomic E-state index is 13.0. The molecular formula is C21H27N5OS. The monoisotopic (exact) mass is 397 g/mol. The van der Waals surface area contributed by atoms with Crippen molar-refractivity contribution in [2.45, 2.75) is 61.9 Å². The van der Waals surface area contributed by atoms with Crippen LogP contribution in [0.5, 0.6) is 0 Å². The van der Waals surface area contributed by atoms with E-state index in [0.29, 0.717) is 5.16 Å². The molecule has 7 heteroatoms. The molecule has 2 aromatic rings. The Morgan fingerprint density at radius 3 is 2.61 bits per heavy atom. The molecular weight excluding hydrogens is 370 g/mol. The van der Waals surface area contributed by atoms with E-state index in [-0.39, 0.29) is 11.2 Å². The van der Waals surface area contributed by atoms with Gasteiger partial charge in [0.15, 0.2) is 11.0 Å². The molecule has 0 aliphatic heterocycles. The molecule has 0 unspecified atom stereocenters. The largest absolute Gasteiger partial charge is 0.326 e. The number of rotatable bonds is 5. The van der Waals surface area contributed by atoms with Crippen LogP contribution in [-0.4, -0.2) is 43.4 Å². The van der Waals surface area contributed by atoms with Gasteiger partial charge in [0.25, 0.3) is 0 Å². The molecule has 148 valence electrons. The third kappa shape index (κ3) is 3.79. The van der Waals surface area contributed by atoms with Crippen LogP contribution in [0.3, 0.4) is 0 Å². The highest BCUT2D eigenvalue weighted by molar-refractivity contribution is 8.00. The van der Waals surface area contributed by atoms with E-state index >= 15 is 0 Å². The number of carbonyl (C=O) groups is 1. The fourth-order valence-corrected chi connectivity index (χ4v) is 4.73. The van der Waals surface area contributed by atoms with Gasteiger partial charge in [0.1, 0.15) is 5.54 Å². The summed E-state index contributed by atoms with van der Waals surface area (Å²) < 4.78 is 1.93. The minimum atomic E-state index is -0.670. The summed E-state index contributed by atoms with van der Waals surface area (Å²) >= 11 is 1.39. The molecule has 1 aromatic heterocycles. The molecule has 1 amide bonds. The van der Waals surface area contributed by atoms with Gasteiger partial charge in [-0.15, -0.1) is 10.2 Å². The minimum absolute atomic E-state index is 0.0334. The van der Waals surface area contributed by atoms with Gasteiger partial charge in [-0.2, -0.15) is 5.26 Å². The zero-order chi connectivity index (χ0) is 20.3. The van der Waals surface area contributed by atoms with Crippen LogP contribution in [0.25, 0.3) is 11.4 Å². The molecule has 1 aliphatic rings. The van der Waals surface area contributed by atoms with Crippen molar-refractivity contribution in [2.24, 2.45) is 7.05 Å². The molecule has 1 heterocycles. The zero-order valence-electron chi connectivity index (χ0n) is 17.0. The molecule has 0 N–H and O–H groups in total. The number of carbonyl (C=O) groups excluding carboxylic acids is 1. The molecule has 0 radical (unpaired) electrons. The molecule has 1 aliphatic carbocycles. The van der Waals surface area contributed by atoms with Crippen molar-refractivity contribution in [3.8, 4) is 17.5 Å². The smallest absolute Gasteiger partial charge is 0.236 e. The zero-order valence-corrected chi connectivity index (χ0v) is 17.8. The summed E-state index contributed by atoms with van der Waals surface area (Å²) in [5.74, 6) is 0.753. The van der Waals surface area contributed by atoms with Gasteiger partial charge < -0.3 is 9.47 Å². The number of hydrogen-bond acceptors (Lipinski definition) is 5. The number of nitrogens with zero attached hydrogens (tertiary/aromatic N) is 5. The first kappa shape index (κ1) is 20.4. The van der Waals surface area contributed by atoms with Crippen molar-refractivity contribution in [2.75, 3.05) is 7.05 Å². The van der Waals surface area contributed by atoms with Crippen LogP contribution in [0.15, 0.2) is 29.4 Å². The topological polar surface area (TPSA) is 74.8 Å². The van der Waals surface area contributed by atoms with E-state index in [1.807, 2.05) is 49.7 Å². The maximum absolute atomic E-state index is 13.0. The first-order chi connectivity index (χ1) is 13.4. The highest BCUT2D eigenvalue weighted by atomic mass is 32.2. The van der Waals surface area contributed by atoms with Crippen molar-refractivity contribution in [1.29, 1.82) is 5.26 Å². The lowest BCUT2D eigenvalue weighted by Gasteiger charge is -2.40. The van der Waals surface area contributed by atoms with E-state index in [4.69, 9.17) is 0 Å². The normalized spacial score (nSPS) is 17.0. The molecule has 0 saturated heterocycles. The minimum Gasteiger partial charge on any atom is -0.326 e. The van der Waals surface area contributed by atoms with Crippen molar-refractivity contribution < 1.29 is 4.79 Å². The second kappa shape index (κ2) is 8.36. The van der Waals surface area contributed by atoms with Gasteiger partial charge in [-0.05, 0) is 32.3 Å². The van der Waals surface area contributed by atoms with Gasteiger partial charge in [-0.3, -0.25) is 4.79 Å². The van der Waals surface area contributed by atoms with Crippen LogP contribution in [0.2, 0.25) is 0 Å². The molecule has 0 spiro atoms. The van der Waals surface area contributed by atoms with Crippen molar-refractivity contribution >= 4 is 17.7 Å². The van der Waals surface area contributed by atoms with E-state index < -0.39 is 5.54 Å². The Balaban J connectivity index is 1.76. The second-order valence-electron chi connectivity index (χ2n) is 7.54. The van der Waals surface area contributed by atoms with Crippen molar-refractivity contribution in [1.82, 2.24) is 19.7 Å². The van der Waals surface area contributed by atoms with Crippen LogP contribution in [0.4, 0.5) is 0 Å². The first-order valence-corrected chi connectivity index (χ1v) is 10.6.